The molecule has 1 aromatic heterocycles. The van der Waals surface area contributed by atoms with E-state index in [-0.39, 0.29) is 11.8 Å². The van der Waals surface area contributed by atoms with Crippen molar-refractivity contribution in [1.29, 1.82) is 0 Å². The molecule has 0 aliphatic rings. The lowest BCUT2D eigenvalue weighted by molar-refractivity contribution is -0.132. The molecule has 1 heterocycles. The molecule has 2 aromatic rings. The molecule has 0 N–H and O–H groups in total. The van der Waals surface area contributed by atoms with E-state index in [9.17, 15) is 4.79 Å². The van der Waals surface area contributed by atoms with Crippen LogP contribution in [-0.4, -0.2) is 29.3 Å². The molecule has 5 heteroatoms. The van der Waals surface area contributed by atoms with Crippen LogP contribution < -0.4 is 4.74 Å². The van der Waals surface area contributed by atoms with E-state index >= 15 is 0 Å². The molecule has 0 aliphatic heterocycles. The van der Waals surface area contributed by atoms with Gasteiger partial charge in [0.15, 0.2) is 0 Å². The molecular formula is C17H20N2O2S. The maximum absolute atomic E-state index is 12.7. The second kappa shape index (κ2) is 7.75. The molecule has 0 fully saturated rings. The minimum Gasteiger partial charge on any atom is -0.480 e. The van der Waals surface area contributed by atoms with Gasteiger partial charge >= 0.3 is 0 Å². The summed E-state index contributed by atoms with van der Waals surface area (Å²) in [6.07, 6.45) is 2.42. The number of benzene rings is 1. The monoisotopic (exact) mass is 316 g/mol. The van der Waals surface area contributed by atoms with Gasteiger partial charge in [-0.15, -0.1) is 6.58 Å². The van der Waals surface area contributed by atoms with Crippen LogP contribution in [0.1, 0.15) is 22.8 Å². The van der Waals surface area contributed by atoms with Crippen molar-refractivity contribution in [2.24, 2.45) is 0 Å². The van der Waals surface area contributed by atoms with Crippen LogP contribution in [0.15, 0.2) is 49.1 Å². The Balaban J connectivity index is 2.10. The molecule has 0 spiro atoms. The molecule has 0 radical (unpaired) electrons. The van der Waals surface area contributed by atoms with Gasteiger partial charge in [-0.1, -0.05) is 36.4 Å². The number of methoxy groups -OCH3 is 1. The topological polar surface area (TPSA) is 42.4 Å². The molecule has 2 rings (SSSR count). The van der Waals surface area contributed by atoms with Crippen LogP contribution in [0, 0.1) is 0 Å². The lowest BCUT2D eigenvalue weighted by atomic mass is 9.94. The minimum absolute atomic E-state index is 0.0819. The number of carbonyl (C=O) groups excluding carboxylic acids is 1. The van der Waals surface area contributed by atoms with E-state index in [2.05, 4.69) is 11.0 Å². The van der Waals surface area contributed by atoms with E-state index in [0.29, 0.717) is 18.8 Å². The van der Waals surface area contributed by atoms with E-state index in [1.807, 2.05) is 43.4 Å². The van der Waals surface area contributed by atoms with Crippen LogP contribution in [0.2, 0.25) is 0 Å². The molecule has 1 amide bonds. The number of ether oxygens (including phenoxy) is 1. The Morgan fingerprint density at radius 3 is 2.77 bits per heavy atom. The van der Waals surface area contributed by atoms with Gasteiger partial charge in [-0.2, -0.15) is 4.37 Å². The van der Waals surface area contributed by atoms with Crippen molar-refractivity contribution < 1.29 is 9.53 Å². The molecule has 116 valence electrons. The third-order valence-corrected chi connectivity index (χ3v) is 4.17. The lowest BCUT2D eigenvalue weighted by Gasteiger charge is -2.23. The van der Waals surface area contributed by atoms with Gasteiger partial charge in [-0.05, 0) is 23.5 Å². The maximum atomic E-state index is 12.7. The highest BCUT2D eigenvalue weighted by Gasteiger charge is 2.23. The van der Waals surface area contributed by atoms with Crippen LogP contribution in [0.4, 0.5) is 0 Å². The first-order valence-corrected chi connectivity index (χ1v) is 7.83. The number of rotatable bonds is 7. The van der Waals surface area contributed by atoms with Gasteiger partial charge in [0.25, 0.3) is 0 Å². The summed E-state index contributed by atoms with van der Waals surface area (Å²) < 4.78 is 9.23. The second-order valence-electron chi connectivity index (χ2n) is 5.02. The van der Waals surface area contributed by atoms with Crippen LogP contribution >= 0.6 is 11.5 Å². The zero-order valence-corrected chi connectivity index (χ0v) is 13.7. The van der Waals surface area contributed by atoms with E-state index in [0.717, 1.165) is 10.4 Å². The summed E-state index contributed by atoms with van der Waals surface area (Å²) in [5.41, 5.74) is 1.01. The zero-order chi connectivity index (χ0) is 15.9. The maximum Gasteiger partial charge on any atom is 0.230 e. The van der Waals surface area contributed by atoms with Gasteiger partial charge in [-0.3, -0.25) is 4.79 Å². The summed E-state index contributed by atoms with van der Waals surface area (Å²) in [5.74, 6) is 0.475. The fourth-order valence-corrected chi connectivity index (χ4v) is 3.01. The second-order valence-corrected chi connectivity index (χ2v) is 5.91. The molecule has 1 atom stereocenters. The van der Waals surface area contributed by atoms with Crippen molar-refractivity contribution in [1.82, 2.24) is 9.27 Å². The fourth-order valence-electron chi connectivity index (χ4n) is 2.27. The third-order valence-electron chi connectivity index (χ3n) is 3.42. The predicted molar refractivity (Wildman–Crippen MR) is 89.1 cm³/mol. The van der Waals surface area contributed by atoms with Gasteiger partial charge in [0.2, 0.25) is 11.8 Å². The molecule has 0 saturated heterocycles. The van der Waals surface area contributed by atoms with Gasteiger partial charge < -0.3 is 9.64 Å². The average Bonchev–Trinajstić information content (AvgIpc) is 3.00. The van der Waals surface area contributed by atoms with E-state index in [4.69, 9.17) is 4.74 Å². The predicted octanol–water partition coefficient (Wildman–Crippen LogP) is 3.47. The highest BCUT2D eigenvalue weighted by atomic mass is 32.1. The summed E-state index contributed by atoms with van der Waals surface area (Å²) >= 11 is 1.35. The normalized spacial score (nSPS) is 11.7. The Hall–Kier alpha value is -2.14. The molecule has 1 unspecified atom stereocenters. The molecule has 0 aliphatic carbocycles. The summed E-state index contributed by atoms with van der Waals surface area (Å²) in [7, 11) is 3.40. The Labute approximate surface area is 135 Å². The number of likely N-dealkylation sites (N-methyl/N-ethyl adjacent to an activating group) is 1. The summed E-state index contributed by atoms with van der Waals surface area (Å²) in [4.78, 5) is 15.5. The van der Waals surface area contributed by atoms with E-state index < -0.39 is 0 Å². The van der Waals surface area contributed by atoms with Crippen molar-refractivity contribution >= 4 is 17.4 Å². The lowest BCUT2D eigenvalue weighted by Crippen LogP contribution is -2.31. The van der Waals surface area contributed by atoms with Crippen LogP contribution in [0.3, 0.4) is 0 Å². The Morgan fingerprint density at radius 2 is 2.18 bits per heavy atom. The number of amides is 1. The van der Waals surface area contributed by atoms with Gasteiger partial charge in [0, 0.05) is 18.0 Å². The van der Waals surface area contributed by atoms with Crippen LogP contribution in [-0.2, 0) is 11.3 Å². The molecule has 0 saturated carbocycles. The third kappa shape index (κ3) is 3.95. The number of aromatic nitrogens is 1. The Kier molecular flexibility index (Phi) is 5.72. The molecule has 22 heavy (non-hydrogen) atoms. The average molecular weight is 316 g/mol. The quantitative estimate of drug-likeness (QED) is 0.735. The summed E-state index contributed by atoms with van der Waals surface area (Å²) in [5, 5.41) is 0. The fraction of sp³-hybridized carbons (Fsp3) is 0.294. The number of carbonyl (C=O) groups is 1. The van der Waals surface area contributed by atoms with Crippen molar-refractivity contribution in [3.05, 3.63) is 59.5 Å². The SMILES string of the molecule is C=CCC(C(=O)N(C)Cc1cc(OC)ns1)c1ccccc1. The highest BCUT2D eigenvalue weighted by molar-refractivity contribution is 7.05. The standard InChI is InChI=1S/C17H20N2O2S/c1-4-8-15(13-9-6-5-7-10-13)17(20)19(2)12-14-11-16(21-3)18-22-14/h4-7,9-11,15H,1,8,12H2,2-3H3. The minimum atomic E-state index is -0.196. The largest absolute Gasteiger partial charge is 0.480 e. The van der Waals surface area contributed by atoms with Crippen molar-refractivity contribution in [2.45, 2.75) is 18.9 Å². The van der Waals surface area contributed by atoms with Gasteiger partial charge in [-0.25, -0.2) is 0 Å². The highest BCUT2D eigenvalue weighted by Crippen LogP contribution is 2.24. The van der Waals surface area contributed by atoms with Gasteiger partial charge in [0.1, 0.15) is 0 Å². The first kappa shape index (κ1) is 16.2. The first-order valence-electron chi connectivity index (χ1n) is 7.06. The van der Waals surface area contributed by atoms with Crippen LogP contribution in [0.25, 0.3) is 0 Å². The number of allylic oxidation sites excluding steroid dienone is 1. The van der Waals surface area contributed by atoms with Gasteiger partial charge in [0.05, 0.1) is 19.6 Å². The van der Waals surface area contributed by atoms with Crippen molar-refractivity contribution in [2.75, 3.05) is 14.2 Å². The molecule has 0 bridgehead atoms. The molecule has 1 aromatic carbocycles. The smallest absolute Gasteiger partial charge is 0.230 e. The number of hydrogen-bond acceptors (Lipinski definition) is 4. The number of nitrogens with zero attached hydrogens (tertiary/aromatic N) is 2. The van der Waals surface area contributed by atoms with Crippen LogP contribution in [0.5, 0.6) is 5.88 Å². The van der Waals surface area contributed by atoms with Crippen molar-refractivity contribution in [3.8, 4) is 5.88 Å². The Morgan fingerprint density at radius 1 is 1.45 bits per heavy atom. The molecule has 4 nitrogen and oxygen atoms in total. The van der Waals surface area contributed by atoms with E-state index in [1.165, 1.54) is 11.5 Å². The number of hydrogen-bond donors (Lipinski definition) is 0. The Bertz CT molecular complexity index is 625. The van der Waals surface area contributed by atoms with E-state index in [1.54, 1.807) is 18.1 Å². The first-order chi connectivity index (χ1) is 10.7. The summed E-state index contributed by atoms with van der Waals surface area (Å²) in [6, 6.07) is 11.7. The van der Waals surface area contributed by atoms with Crippen molar-refractivity contribution in [3.63, 3.8) is 0 Å². The zero-order valence-electron chi connectivity index (χ0n) is 12.9. The summed E-state index contributed by atoms with van der Waals surface area (Å²) in [6.45, 7) is 4.30. The molecular weight excluding hydrogens is 296 g/mol.